The molecular weight excluding hydrogens is 557 g/mol. The molecule has 0 spiro atoms. The van der Waals surface area contributed by atoms with E-state index in [0.29, 0.717) is 11.4 Å². The Hall–Kier alpha value is -2.78. The molecule has 0 saturated heterocycles. The maximum atomic E-state index is 13.8. The molecule has 0 aliphatic carbocycles. The molecule has 3 aromatic rings. The summed E-state index contributed by atoms with van der Waals surface area (Å²) in [6.45, 7) is 1.22. The number of nitrogens with one attached hydrogen (secondary N) is 1. The summed E-state index contributed by atoms with van der Waals surface area (Å²) >= 11 is 18.6. The third-order valence-corrected chi connectivity index (χ3v) is 8.27. The van der Waals surface area contributed by atoms with Crippen LogP contribution in [-0.4, -0.2) is 44.8 Å². The number of nitrogens with zero attached hydrogens (tertiary/aromatic N) is 2. The second-order valence-corrected chi connectivity index (χ2v) is 11.2. The smallest absolute Gasteiger partial charge is 0.264 e. The molecule has 0 aliphatic heterocycles. The van der Waals surface area contributed by atoms with Gasteiger partial charge in [0, 0.05) is 23.6 Å². The summed E-state index contributed by atoms with van der Waals surface area (Å²) < 4.78 is 28.4. The predicted molar refractivity (Wildman–Crippen MR) is 148 cm³/mol. The van der Waals surface area contributed by atoms with Gasteiger partial charge in [0.2, 0.25) is 11.8 Å². The number of amides is 2. The molecule has 0 radical (unpaired) electrons. The van der Waals surface area contributed by atoms with Gasteiger partial charge in [0.1, 0.15) is 12.6 Å². The highest BCUT2D eigenvalue weighted by atomic mass is 35.5. The second-order valence-electron chi connectivity index (χ2n) is 8.11. The third-order valence-electron chi connectivity index (χ3n) is 5.69. The Morgan fingerprint density at radius 1 is 0.919 bits per heavy atom. The minimum absolute atomic E-state index is 0.0264. The molecule has 3 aromatic carbocycles. The number of hydrogen-bond acceptors (Lipinski definition) is 4. The van der Waals surface area contributed by atoms with Crippen LogP contribution < -0.4 is 9.62 Å². The maximum absolute atomic E-state index is 13.8. The predicted octanol–water partition coefficient (Wildman–Crippen LogP) is 5.40. The average molecular weight is 583 g/mol. The van der Waals surface area contributed by atoms with Gasteiger partial charge in [-0.2, -0.15) is 0 Å². The van der Waals surface area contributed by atoms with Crippen molar-refractivity contribution < 1.29 is 18.0 Å². The molecule has 37 heavy (non-hydrogen) atoms. The first kappa shape index (κ1) is 28.8. The minimum Gasteiger partial charge on any atom is -0.357 e. The molecule has 11 heteroatoms. The summed E-state index contributed by atoms with van der Waals surface area (Å²) in [5.74, 6) is -0.969. The Labute approximate surface area is 232 Å². The highest BCUT2D eigenvalue weighted by molar-refractivity contribution is 7.92. The lowest BCUT2D eigenvalue weighted by Crippen LogP contribution is -2.51. The van der Waals surface area contributed by atoms with Crippen molar-refractivity contribution in [1.82, 2.24) is 10.2 Å². The van der Waals surface area contributed by atoms with Gasteiger partial charge in [0.15, 0.2) is 0 Å². The van der Waals surface area contributed by atoms with E-state index in [1.54, 1.807) is 49.4 Å². The van der Waals surface area contributed by atoms with E-state index >= 15 is 0 Å². The molecule has 3 rings (SSSR count). The third kappa shape index (κ3) is 6.96. The summed E-state index contributed by atoms with van der Waals surface area (Å²) in [6.07, 6.45) is 0.308. The molecule has 0 fully saturated rings. The number of rotatable bonds is 10. The van der Waals surface area contributed by atoms with Gasteiger partial charge in [0.05, 0.1) is 15.6 Å². The molecule has 7 nitrogen and oxygen atoms in total. The number of carbonyl (C=O) groups excluding carboxylic acids is 2. The quantitative estimate of drug-likeness (QED) is 0.347. The molecule has 0 saturated carbocycles. The van der Waals surface area contributed by atoms with E-state index in [-0.39, 0.29) is 33.1 Å². The van der Waals surface area contributed by atoms with Gasteiger partial charge in [-0.1, -0.05) is 72.1 Å². The molecule has 0 heterocycles. The first-order valence-corrected chi connectivity index (χ1v) is 13.9. The highest BCUT2D eigenvalue weighted by Crippen LogP contribution is 2.33. The van der Waals surface area contributed by atoms with Crippen LogP contribution in [-0.2, 0) is 26.2 Å². The Balaban J connectivity index is 2.09. The van der Waals surface area contributed by atoms with E-state index in [4.69, 9.17) is 34.8 Å². The van der Waals surface area contributed by atoms with Gasteiger partial charge in [-0.15, -0.1) is 0 Å². The van der Waals surface area contributed by atoms with Crippen LogP contribution in [0, 0.1) is 0 Å². The van der Waals surface area contributed by atoms with Crippen molar-refractivity contribution >= 4 is 62.3 Å². The molecule has 0 unspecified atom stereocenters. The lowest BCUT2D eigenvalue weighted by molar-refractivity contribution is -0.140. The lowest BCUT2D eigenvalue weighted by Gasteiger charge is -2.33. The van der Waals surface area contributed by atoms with Crippen LogP contribution in [0.4, 0.5) is 5.69 Å². The van der Waals surface area contributed by atoms with Gasteiger partial charge >= 0.3 is 0 Å². The Morgan fingerprint density at radius 2 is 1.54 bits per heavy atom. The molecular formula is C26H26Cl3N3O4S. The zero-order chi connectivity index (χ0) is 27.2. The van der Waals surface area contributed by atoms with Gasteiger partial charge in [0.25, 0.3) is 10.0 Å². The zero-order valence-corrected chi connectivity index (χ0v) is 23.3. The van der Waals surface area contributed by atoms with Crippen LogP contribution >= 0.6 is 34.8 Å². The van der Waals surface area contributed by atoms with E-state index in [1.165, 1.54) is 42.3 Å². The van der Waals surface area contributed by atoms with Gasteiger partial charge in [-0.3, -0.25) is 13.9 Å². The summed E-state index contributed by atoms with van der Waals surface area (Å²) in [5, 5.41) is 3.45. The van der Waals surface area contributed by atoms with Crippen LogP contribution in [0.5, 0.6) is 0 Å². The number of likely N-dealkylation sites (N-methyl/N-ethyl adjacent to an activating group) is 1. The Bertz CT molecular complexity index is 1350. The van der Waals surface area contributed by atoms with E-state index < -0.39 is 28.5 Å². The van der Waals surface area contributed by atoms with Crippen LogP contribution in [0.2, 0.25) is 15.1 Å². The zero-order valence-electron chi connectivity index (χ0n) is 20.2. The molecule has 196 valence electrons. The number of halogens is 3. The van der Waals surface area contributed by atoms with Crippen molar-refractivity contribution in [3.05, 3.63) is 93.4 Å². The van der Waals surface area contributed by atoms with Crippen LogP contribution in [0.3, 0.4) is 0 Å². The summed E-state index contributed by atoms with van der Waals surface area (Å²) in [5.41, 5.74) is 0.768. The Morgan fingerprint density at radius 3 is 2.14 bits per heavy atom. The van der Waals surface area contributed by atoms with E-state index in [9.17, 15) is 18.0 Å². The number of benzene rings is 3. The molecule has 2 amide bonds. The van der Waals surface area contributed by atoms with Crippen molar-refractivity contribution in [2.24, 2.45) is 0 Å². The van der Waals surface area contributed by atoms with Gasteiger partial charge in [-0.25, -0.2) is 8.42 Å². The monoisotopic (exact) mass is 581 g/mol. The van der Waals surface area contributed by atoms with Crippen LogP contribution in [0.1, 0.15) is 18.9 Å². The standard InChI is InChI=1S/C26H26Cl3N3O4S/c1-3-23(26(34)30-2)31(16-18-9-11-19(27)12-10-18)25(33)17-32(24-15-20(28)13-14-22(24)29)37(35,36)21-7-5-4-6-8-21/h4-15,23H,3,16-17H2,1-2H3,(H,30,34)/t23-/m0/s1. The molecule has 0 aliphatic rings. The number of anilines is 1. The SMILES string of the molecule is CC[C@@H](C(=O)NC)N(Cc1ccc(Cl)cc1)C(=O)CN(c1cc(Cl)ccc1Cl)S(=O)(=O)c1ccccc1. The molecule has 0 bridgehead atoms. The fourth-order valence-electron chi connectivity index (χ4n) is 3.78. The minimum atomic E-state index is -4.23. The topological polar surface area (TPSA) is 86.8 Å². The summed E-state index contributed by atoms with van der Waals surface area (Å²) in [7, 11) is -2.75. The molecule has 1 N–H and O–H groups in total. The number of hydrogen-bond donors (Lipinski definition) is 1. The van der Waals surface area contributed by atoms with Crippen LogP contribution in [0.15, 0.2) is 77.7 Å². The van der Waals surface area contributed by atoms with Gasteiger partial charge < -0.3 is 10.2 Å². The van der Waals surface area contributed by atoms with Crippen molar-refractivity contribution in [2.75, 3.05) is 17.9 Å². The number of carbonyl (C=O) groups is 2. The maximum Gasteiger partial charge on any atom is 0.264 e. The van der Waals surface area contributed by atoms with Crippen molar-refractivity contribution in [2.45, 2.75) is 30.8 Å². The molecule has 1 atom stereocenters. The van der Waals surface area contributed by atoms with Crippen molar-refractivity contribution in [1.29, 1.82) is 0 Å². The molecule has 0 aromatic heterocycles. The average Bonchev–Trinajstić information content (AvgIpc) is 2.89. The first-order valence-electron chi connectivity index (χ1n) is 11.4. The van der Waals surface area contributed by atoms with Crippen molar-refractivity contribution in [3.8, 4) is 0 Å². The fourth-order valence-corrected chi connectivity index (χ4v) is 5.79. The summed E-state index contributed by atoms with van der Waals surface area (Å²) in [4.78, 5) is 27.9. The first-order chi connectivity index (χ1) is 17.6. The van der Waals surface area contributed by atoms with E-state index in [0.717, 1.165) is 9.87 Å². The normalized spacial score (nSPS) is 12.0. The van der Waals surface area contributed by atoms with Crippen molar-refractivity contribution in [3.63, 3.8) is 0 Å². The fraction of sp³-hybridized carbons (Fsp3) is 0.231. The summed E-state index contributed by atoms with van der Waals surface area (Å²) in [6, 6.07) is 18.1. The lowest BCUT2D eigenvalue weighted by atomic mass is 10.1. The highest BCUT2D eigenvalue weighted by Gasteiger charge is 2.34. The van der Waals surface area contributed by atoms with Gasteiger partial charge in [-0.05, 0) is 54.4 Å². The van der Waals surface area contributed by atoms with E-state index in [2.05, 4.69) is 5.32 Å². The Kier molecular flexibility index (Phi) is 9.84. The number of sulfonamides is 1. The largest absolute Gasteiger partial charge is 0.357 e. The van der Waals surface area contributed by atoms with Crippen LogP contribution in [0.25, 0.3) is 0 Å². The second kappa shape index (κ2) is 12.6. The van der Waals surface area contributed by atoms with E-state index in [1.807, 2.05) is 0 Å².